The highest BCUT2D eigenvalue weighted by atomic mass is 32.2. The van der Waals surface area contributed by atoms with Gasteiger partial charge in [-0.05, 0) is 51.5 Å². The van der Waals surface area contributed by atoms with Crippen molar-refractivity contribution in [3.8, 4) is 5.69 Å². The van der Waals surface area contributed by atoms with Crippen LogP contribution in [0.15, 0.2) is 53.6 Å². The van der Waals surface area contributed by atoms with E-state index in [0.717, 1.165) is 35.5 Å². The van der Waals surface area contributed by atoms with E-state index >= 15 is 0 Å². The number of anilines is 1. The first-order valence-electron chi connectivity index (χ1n) is 10.1. The minimum atomic E-state index is -3.56. The molecule has 2 heterocycles. The number of para-hydroxylation sites is 1. The highest BCUT2D eigenvalue weighted by molar-refractivity contribution is 7.89. The number of hydrogen-bond acceptors (Lipinski definition) is 5. The first kappa shape index (κ1) is 22.0. The quantitative estimate of drug-likeness (QED) is 0.539. The Bertz CT molecular complexity index is 1080. The van der Waals surface area contributed by atoms with Crippen LogP contribution >= 0.6 is 0 Å². The first-order chi connectivity index (χ1) is 14.3. The average Bonchev–Trinajstić information content (AvgIpc) is 3.01. The van der Waals surface area contributed by atoms with Gasteiger partial charge in [-0.15, -0.1) is 0 Å². The SMILES string of the molecule is CCCC(C)NS(=O)(=O)c1ccc(NCc2c(C)nn(-c3ccccc3)c2C)nc1. The van der Waals surface area contributed by atoms with Gasteiger partial charge < -0.3 is 5.32 Å². The molecule has 0 radical (unpaired) electrons. The predicted molar refractivity (Wildman–Crippen MR) is 119 cm³/mol. The summed E-state index contributed by atoms with van der Waals surface area (Å²) in [6, 6.07) is 13.1. The molecule has 3 aromatic rings. The van der Waals surface area contributed by atoms with Crippen molar-refractivity contribution in [3.05, 3.63) is 65.6 Å². The van der Waals surface area contributed by atoms with Crippen LogP contribution in [0.4, 0.5) is 5.82 Å². The largest absolute Gasteiger partial charge is 0.366 e. The Morgan fingerprint density at radius 3 is 2.47 bits per heavy atom. The maximum atomic E-state index is 12.5. The van der Waals surface area contributed by atoms with Gasteiger partial charge in [0.15, 0.2) is 0 Å². The number of pyridine rings is 1. The van der Waals surface area contributed by atoms with E-state index in [1.807, 2.05) is 62.7 Å². The van der Waals surface area contributed by atoms with Crippen LogP contribution in [0.2, 0.25) is 0 Å². The summed E-state index contributed by atoms with van der Waals surface area (Å²) in [5.41, 5.74) is 4.10. The molecule has 0 fully saturated rings. The van der Waals surface area contributed by atoms with Crippen LogP contribution in [0.25, 0.3) is 5.69 Å². The minimum Gasteiger partial charge on any atom is -0.366 e. The van der Waals surface area contributed by atoms with Crippen LogP contribution in [0, 0.1) is 13.8 Å². The lowest BCUT2D eigenvalue weighted by atomic mass is 10.2. The molecule has 0 aliphatic carbocycles. The Morgan fingerprint density at radius 2 is 1.83 bits per heavy atom. The molecule has 1 unspecified atom stereocenters. The molecule has 1 aromatic carbocycles. The van der Waals surface area contributed by atoms with Gasteiger partial charge in [0.05, 0.1) is 11.4 Å². The molecule has 8 heteroatoms. The van der Waals surface area contributed by atoms with E-state index in [1.165, 1.54) is 6.20 Å². The molecular weight excluding hydrogens is 398 g/mol. The second kappa shape index (κ2) is 9.40. The molecule has 0 aliphatic heterocycles. The summed E-state index contributed by atoms with van der Waals surface area (Å²) in [5, 5.41) is 7.92. The van der Waals surface area contributed by atoms with Crippen molar-refractivity contribution in [1.29, 1.82) is 0 Å². The van der Waals surface area contributed by atoms with Crippen molar-refractivity contribution in [2.45, 2.75) is 58.0 Å². The van der Waals surface area contributed by atoms with Crippen LogP contribution in [0.1, 0.15) is 43.6 Å². The summed E-state index contributed by atoms with van der Waals surface area (Å²) >= 11 is 0. The molecule has 30 heavy (non-hydrogen) atoms. The molecule has 0 amide bonds. The Kier molecular flexibility index (Phi) is 6.89. The molecule has 0 saturated carbocycles. The van der Waals surface area contributed by atoms with Crippen LogP contribution in [0.5, 0.6) is 0 Å². The smallest absolute Gasteiger partial charge is 0.242 e. The van der Waals surface area contributed by atoms with E-state index < -0.39 is 10.0 Å². The van der Waals surface area contributed by atoms with Gasteiger partial charge in [-0.2, -0.15) is 5.10 Å². The van der Waals surface area contributed by atoms with Crippen LogP contribution in [-0.2, 0) is 16.6 Å². The zero-order valence-electron chi connectivity index (χ0n) is 17.9. The van der Waals surface area contributed by atoms with Gasteiger partial charge in [-0.3, -0.25) is 0 Å². The maximum Gasteiger partial charge on any atom is 0.242 e. The Morgan fingerprint density at radius 1 is 1.10 bits per heavy atom. The second-order valence-corrected chi connectivity index (χ2v) is 9.15. The summed E-state index contributed by atoms with van der Waals surface area (Å²) in [4.78, 5) is 4.45. The second-order valence-electron chi connectivity index (χ2n) is 7.44. The third-order valence-electron chi connectivity index (χ3n) is 5.01. The zero-order chi connectivity index (χ0) is 21.7. The summed E-state index contributed by atoms with van der Waals surface area (Å²) in [6.45, 7) is 8.46. The summed E-state index contributed by atoms with van der Waals surface area (Å²) in [5.74, 6) is 0.613. The lowest BCUT2D eigenvalue weighted by Gasteiger charge is -2.13. The number of sulfonamides is 1. The van der Waals surface area contributed by atoms with E-state index in [4.69, 9.17) is 0 Å². The van der Waals surface area contributed by atoms with Crippen LogP contribution < -0.4 is 10.0 Å². The monoisotopic (exact) mass is 427 g/mol. The van der Waals surface area contributed by atoms with Gasteiger partial charge in [-0.25, -0.2) is 22.8 Å². The minimum absolute atomic E-state index is 0.107. The summed E-state index contributed by atoms with van der Waals surface area (Å²) in [6.07, 6.45) is 3.10. The van der Waals surface area contributed by atoms with Gasteiger partial charge in [0.25, 0.3) is 0 Å². The van der Waals surface area contributed by atoms with E-state index in [-0.39, 0.29) is 10.9 Å². The molecule has 1 atom stereocenters. The average molecular weight is 428 g/mol. The van der Waals surface area contributed by atoms with Gasteiger partial charge in [0.2, 0.25) is 10.0 Å². The standard InChI is InChI=1S/C22H29N5O2S/c1-5-9-16(2)26-30(28,29)20-12-13-22(23-14-20)24-15-21-17(3)25-27(18(21)4)19-10-7-6-8-11-19/h6-8,10-14,16,26H,5,9,15H2,1-4H3,(H,23,24). The van der Waals surface area contributed by atoms with E-state index in [1.54, 1.807) is 12.1 Å². The molecule has 3 rings (SSSR count). The number of hydrogen-bond donors (Lipinski definition) is 2. The van der Waals surface area contributed by atoms with E-state index in [9.17, 15) is 8.42 Å². The van der Waals surface area contributed by atoms with Crippen molar-refractivity contribution in [2.75, 3.05) is 5.32 Å². The molecule has 2 aromatic heterocycles. The number of aromatic nitrogens is 3. The lowest BCUT2D eigenvalue weighted by Crippen LogP contribution is -2.32. The summed E-state index contributed by atoms with van der Waals surface area (Å²) < 4.78 is 29.5. The maximum absolute atomic E-state index is 12.5. The van der Waals surface area contributed by atoms with Gasteiger partial charge in [-0.1, -0.05) is 31.5 Å². The summed E-state index contributed by atoms with van der Waals surface area (Å²) in [7, 11) is -3.56. The number of aryl methyl sites for hydroxylation is 1. The topological polar surface area (TPSA) is 88.9 Å². The fourth-order valence-corrected chi connectivity index (χ4v) is 4.62. The number of rotatable bonds is 9. The third kappa shape index (κ3) is 5.06. The molecule has 7 nitrogen and oxygen atoms in total. The van der Waals surface area contributed by atoms with Gasteiger partial charge in [0.1, 0.15) is 10.7 Å². The molecule has 0 spiro atoms. The fraction of sp³-hybridized carbons (Fsp3) is 0.364. The van der Waals surface area contributed by atoms with Crippen molar-refractivity contribution >= 4 is 15.8 Å². The third-order valence-corrected chi connectivity index (χ3v) is 6.59. The Hall–Kier alpha value is -2.71. The van der Waals surface area contributed by atoms with Gasteiger partial charge in [0, 0.05) is 30.0 Å². The highest BCUT2D eigenvalue weighted by Crippen LogP contribution is 2.19. The van der Waals surface area contributed by atoms with Crippen LogP contribution in [-0.4, -0.2) is 29.2 Å². The molecule has 0 saturated heterocycles. The zero-order valence-corrected chi connectivity index (χ0v) is 18.7. The molecule has 0 aliphatic rings. The first-order valence-corrected chi connectivity index (χ1v) is 11.6. The Labute approximate surface area is 178 Å². The number of benzene rings is 1. The highest BCUT2D eigenvalue weighted by Gasteiger charge is 2.18. The van der Waals surface area contributed by atoms with Crippen LogP contribution in [0.3, 0.4) is 0 Å². The van der Waals surface area contributed by atoms with Gasteiger partial charge >= 0.3 is 0 Å². The normalized spacial score (nSPS) is 12.7. The Balaban J connectivity index is 1.70. The molecule has 2 N–H and O–H groups in total. The van der Waals surface area contributed by atoms with Crippen molar-refractivity contribution in [3.63, 3.8) is 0 Å². The van der Waals surface area contributed by atoms with E-state index in [2.05, 4.69) is 20.1 Å². The van der Waals surface area contributed by atoms with Crippen molar-refractivity contribution < 1.29 is 8.42 Å². The van der Waals surface area contributed by atoms with Crippen molar-refractivity contribution in [1.82, 2.24) is 19.5 Å². The molecular formula is C22H29N5O2S. The van der Waals surface area contributed by atoms with E-state index in [0.29, 0.717) is 12.4 Å². The number of nitrogens with one attached hydrogen (secondary N) is 2. The predicted octanol–water partition coefficient (Wildman–Crippen LogP) is 3.96. The number of nitrogens with zero attached hydrogens (tertiary/aromatic N) is 3. The fourth-order valence-electron chi connectivity index (χ4n) is 3.40. The van der Waals surface area contributed by atoms with Crippen molar-refractivity contribution in [2.24, 2.45) is 0 Å². The molecule has 0 bridgehead atoms. The molecule has 160 valence electrons. The lowest BCUT2D eigenvalue weighted by molar-refractivity contribution is 0.543.